The van der Waals surface area contributed by atoms with Gasteiger partial charge in [0.05, 0.1) is 20.3 Å². The highest BCUT2D eigenvalue weighted by molar-refractivity contribution is 7.10. The number of rotatable bonds is 6. The molecule has 0 saturated carbocycles. The van der Waals surface area contributed by atoms with Gasteiger partial charge in [-0.1, -0.05) is 18.6 Å². The smallest absolute Gasteiger partial charge is 0.320 e. The lowest BCUT2D eigenvalue weighted by Crippen LogP contribution is -2.46. The Kier molecular flexibility index (Phi) is 5.84. The number of methoxy groups -OCH3 is 2. The number of ether oxygens (including phenoxy) is 2. The summed E-state index contributed by atoms with van der Waals surface area (Å²) >= 11 is 1.66. The first kappa shape index (κ1) is 18.7. The van der Waals surface area contributed by atoms with Crippen LogP contribution in [0.25, 0.3) is 0 Å². The Balaban J connectivity index is 2.17. The van der Waals surface area contributed by atoms with Gasteiger partial charge in [-0.05, 0) is 49.4 Å². The maximum atomic E-state index is 11.9. The van der Waals surface area contributed by atoms with Crippen LogP contribution in [0.5, 0.6) is 11.5 Å². The number of likely N-dealkylation sites (tertiary alicyclic amines) is 1. The van der Waals surface area contributed by atoms with Gasteiger partial charge in [0, 0.05) is 10.4 Å². The maximum absolute atomic E-state index is 11.9. The Labute approximate surface area is 158 Å². The molecule has 26 heavy (non-hydrogen) atoms. The van der Waals surface area contributed by atoms with E-state index in [2.05, 4.69) is 23.3 Å². The fourth-order valence-corrected chi connectivity index (χ4v) is 4.85. The van der Waals surface area contributed by atoms with Crippen molar-refractivity contribution in [2.75, 3.05) is 20.8 Å². The van der Waals surface area contributed by atoms with Crippen molar-refractivity contribution < 1.29 is 19.4 Å². The highest BCUT2D eigenvalue weighted by atomic mass is 32.1. The van der Waals surface area contributed by atoms with Crippen molar-refractivity contribution in [3.05, 3.63) is 45.6 Å². The molecule has 2 aromatic rings. The number of piperidine rings is 1. The van der Waals surface area contributed by atoms with E-state index in [0.29, 0.717) is 17.9 Å². The highest BCUT2D eigenvalue weighted by Crippen LogP contribution is 2.44. The summed E-state index contributed by atoms with van der Waals surface area (Å²) in [6.45, 7) is 2.82. The van der Waals surface area contributed by atoms with Crippen molar-refractivity contribution in [3.8, 4) is 11.5 Å². The van der Waals surface area contributed by atoms with Crippen molar-refractivity contribution in [2.24, 2.45) is 0 Å². The number of para-hydroxylation sites is 1. The van der Waals surface area contributed by atoms with E-state index < -0.39 is 12.0 Å². The third-order valence-electron chi connectivity index (χ3n) is 5.04. The zero-order valence-corrected chi connectivity index (χ0v) is 16.2. The molecule has 1 N–H and O–H groups in total. The molecule has 1 saturated heterocycles. The largest absolute Gasteiger partial charge is 0.493 e. The highest BCUT2D eigenvalue weighted by Gasteiger charge is 2.37. The molecular formula is C20H25NO4S. The van der Waals surface area contributed by atoms with Gasteiger partial charge in [0.1, 0.15) is 6.04 Å². The zero-order valence-electron chi connectivity index (χ0n) is 15.4. The van der Waals surface area contributed by atoms with E-state index >= 15 is 0 Å². The summed E-state index contributed by atoms with van der Waals surface area (Å²) in [5, 5.41) is 11.9. The van der Waals surface area contributed by atoms with E-state index in [1.807, 2.05) is 18.2 Å². The maximum Gasteiger partial charge on any atom is 0.320 e. The molecule has 2 unspecified atom stereocenters. The van der Waals surface area contributed by atoms with E-state index in [1.165, 1.54) is 5.56 Å². The van der Waals surface area contributed by atoms with E-state index in [4.69, 9.17) is 9.47 Å². The van der Waals surface area contributed by atoms with Crippen LogP contribution in [0.2, 0.25) is 0 Å². The molecule has 0 radical (unpaired) electrons. The Hall–Kier alpha value is -2.05. The lowest BCUT2D eigenvalue weighted by molar-refractivity contribution is -0.145. The minimum atomic E-state index is -0.759. The number of nitrogens with zero attached hydrogens (tertiary/aromatic N) is 1. The lowest BCUT2D eigenvalue weighted by atomic mass is 9.93. The summed E-state index contributed by atoms with van der Waals surface area (Å²) in [5.41, 5.74) is 2.12. The third-order valence-corrected chi connectivity index (χ3v) is 6.11. The number of aryl methyl sites for hydroxylation is 1. The van der Waals surface area contributed by atoms with E-state index in [0.717, 1.165) is 29.8 Å². The predicted octanol–water partition coefficient (Wildman–Crippen LogP) is 4.10. The van der Waals surface area contributed by atoms with Crippen LogP contribution >= 0.6 is 11.3 Å². The van der Waals surface area contributed by atoms with Gasteiger partial charge in [0.2, 0.25) is 0 Å². The summed E-state index contributed by atoms with van der Waals surface area (Å²) in [6.07, 6.45) is 2.61. The minimum Gasteiger partial charge on any atom is -0.493 e. The fourth-order valence-electron chi connectivity index (χ4n) is 3.79. The normalized spacial score (nSPS) is 19.1. The van der Waals surface area contributed by atoms with Gasteiger partial charge in [0.15, 0.2) is 11.5 Å². The Morgan fingerprint density at radius 3 is 2.69 bits per heavy atom. The van der Waals surface area contributed by atoms with Gasteiger partial charge in [-0.25, -0.2) is 0 Å². The van der Waals surface area contributed by atoms with Crippen molar-refractivity contribution in [1.82, 2.24) is 4.90 Å². The molecule has 0 amide bonds. The molecule has 0 bridgehead atoms. The standard InChI is InChI=1S/C20H25NO4S/c1-13-10-12-26-19(13)17(21-11-5-4-8-15(21)20(22)23)14-7-6-9-16(24-2)18(14)25-3/h6-7,9-10,12,15,17H,4-5,8,11H2,1-3H3,(H,22,23). The molecule has 0 spiro atoms. The second kappa shape index (κ2) is 8.10. The van der Waals surface area contributed by atoms with Crippen LogP contribution in [0.15, 0.2) is 29.6 Å². The number of benzene rings is 1. The van der Waals surface area contributed by atoms with Crippen LogP contribution in [0.4, 0.5) is 0 Å². The van der Waals surface area contributed by atoms with Gasteiger partial charge in [-0.15, -0.1) is 11.3 Å². The molecule has 1 fully saturated rings. The molecular weight excluding hydrogens is 350 g/mol. The number of thiophene rings is 1. The molecule has 2 heterocycles. The summed E-state index contributed by atoms with van der Waals surface area (Å²) in [5.74, 6) is 0.571. The molecule has 140 valence electrons. The Morgan fingerprint density at radius 1 is 1.27 bits per heavy atom. The van der Waals surface area contributed by atoms with Gasteiger partial charge < -0.3 is 14.6 Å². The molecule has 6 heteroatoms. The molecule has 1 aliphatic rings. The fraction of sp³-hybridized carbons (Fsp3) is 0.450. The average molecular weight is 375 g/mol. The van der Waals surface area contributed by atoms with Crippen molar-refractivity contribution in [2.45, 2.75) is 38.3 Å². The number of hydrogen-bond acceptors (Lipinski definition) is 5. The summed E-state index contributed by atoms with van der Waals surface area (Å²) in [6, 6.07) is 7.24. The Bertz CT molecular complexity index is 773. The molecule has 1 aromatic heterocycles. The number of carboxylic acid groups (broad SMARTS) is 1. The van der Waals surface area contributed by atoms with Gasteiger partial charge >= 0.3 is 5.97 Å². The van der Waals surface area contributed by atoms with Gasteiger partial charge in [-0.3, -0.25) is 9.69 Å². The van der Waals surface area contributed by atoms with E-state index in [1.54, 1.807) is 25.6 Å². The topological polar surface area (TPSA) is 59.0 Å². The first-order chi connectivity index (χ1) is 12.6. The van der Waals surface area contributed by atoms with Gasteiger partial charge in [0.25, 0.3) is 0 Å². The van der Waals surface area contributed by atoms with Crippen LogP contribution in [0.1, 0.15) is 41.3 Å². The van der Waals surface area contributed by atoms with Crippen molar-refractivity contribution >= 4 is 17.3 Å². The number of hydrogen-bond donors (Lipinski definition) is 1. The minimum absolute atomic E-state index is 0.165. The summed E-state index contributed by atoms with van der Waals surface area (Å²) in [4.78, 5) is 15.2. The quantitative estimate of drug-likeness (QED) is 0.824. The molecule has 5 nitrogen and oxygen atoms in total. The van der Waals surface area contributed by atoms with Crippen LogP contribution in [0.3, 0.4) is 0 Å². The second-order valence-corrected chi connectivity index (χ2v) is 7.49. The van der Waals surface area contributed by atoms with Gasteiger partial charge in [-0.2, -0.15) is 0 Å². The predicted molar refractivity (Wildman–Crippen MR) is 102 cm³/mol. The lowest BCUT2D eigenvalue weighted by Gasteiger charge is -2.39. The van der Waals surface area contributed by atoms with Crippen LogP contribution in [-0.2, 0) is 4.79 Å². The van der Waals surface area contributed by atoms with E-state index in [9.17, 15) is 9.90 Å². The molecule has 0 aliphatic carbocycles. The Morgan fingerprint density at radius 2 is 2.08 bits per heavy atom. The average Bonchev–Trinajstić information content (AvgIpc) is 3.07. The first-order valence-electron chi connectivity index (χ1n) is 8.82. The molecule has 1 aromatic carbocycles. The van der Waals surface area contributed by atoms with Crippen molar-refractivity contribution in [1.29, 1.82) is 0 Å². The van der Waals surface area contributed by atoms with Crippen molar-refractivity contribution in [3.63, 3.8) is 0 Å². The monoisotopic (exact) mass is 375 g/mol. The zero-order chi connectivity index (χ0) is 18.7. The first-order valence-corrected chi connectivity index (χ1v) is 9.69. The van der Waals surface area contributed by atoms with Crippen LogP contribution in [0, 0.1) is 6.92 Å². The molecule has 2 atom stereocenters. The molecule has 3 rings (SSSR count). The van der Waals surface area contributed by atoms with E-state index in [-0.39, 0.29) is 6.04 Å². The van der Waals surface area contributed by atoms with Crippen LogP contribution < -0.4 is 9.47 Å². The summed E-state index contributed by atoms with van der Waals surface area (Å²) < 4.78 is 11.2. The number of carboxylic acids is 1. The summed E-state index contributed by atoms with van der Waals surface area (Å²) in [7, 11) is 3.25. The third kappa shape index (κ3) is 3.44. The number of carbonyl (C=O) groups is 1. The van der Waals surface area contributed by atoms with Crippen LogP contribution in [-0.4, -0.2) is 42.8 Å². The SMILES string of the molecule is COc1cccc(C(c2sccc2C)N2CCCCC2C(=O)O)c1OC. The second-order valence-electron chi connectivity index (χ2n) is 6.54. The number of aliphatic carboxylic acids is 1. The molecule has 1 aliphatic heterocycles.